The summed E-state index contributed by atoms with van der Waals surface area (Å²) in [6.45, 7) is 6.94. The fourth-order valence-corrected chi connectivity index (χ4v) is 3.22. The number of carbonyl (C=O) groups excluding carboxylic acids is 2. The second-order valence-electron chi connectivity index (χ2n) is 8.25. The maximum Gasteiger partial charge on any atom is 0.511 e. The van der Waals surface area contributed by atoms with E-state index in [1.165, 1.54) is 31.7 Å². The number of alkyl halides is 3. The van der Waals surface area contributed by atoms with E-state index in [9.17, 15) is 27.6 Å². The molecule has 1 atom stereocenters. The monoisotopic (exact) mass is 506 g/mol. The molecule has 1 amide bonds. The number of piperazine rings is 1. The van der Waals surface area contributed by atoms with Crippen LogP contribution in [-0.2, 0) is 31.7 Å². The molecule has 13 heteroatoms. The molecule has 0 aliphatic carbocycles. The molecule has 1 aromatic rings. The maximum absolute atomic E-state index is 13.3. The predicted octanol–water partition coefficient (Wildman–Crippen LogP) is 3.72. The number of carbonyl (C=O) groups is 3. The SMILES string of the molecule is CCOC(=O)OC(C)OC(=O)C(C)(C)Oc1cc(C(F)(F)F)ccc1CN1CCN(C(=O)O)CC1. The minimum Gasteiger partial charge on any atom is -0.476 e. The number of benzene rings is 1. The lowest BCUT2D eigenvalue weighted by atomic mass is 10.1. The summed E-state index contributed by atoms with van der Waals surface area (Å²) in [6, 6.07) is 2.97. The lowest BCUT2D eigenvalue weighted by Gasteiger charge is -2.34. The van der Waals surface area contributed by atoms with Crippen LogP contribution in [0.4, 0.5) is 22.8 Å². The highest BCUT2D eigenvalue weighted by atomic mass is 19.4. The summed E-state index contributed by atoms with van der Waals surface area (Å²) in [6.07, 6.45) is -8.05. The molecule has 10 nitrogen and oxygen atoms in total. The summed E-state index contributed by atoms with van der Waals surface area (Å²) >= 11 is 0. The van der Waals surface area contributed by atoms with E-state index >= 15 is 0 Å². The smallest absolute Gasteiger partial charge is 0.476 e. The Morgan fingerprint density at radius 2 is 1.71 bits per heavy atom. The molecule has 0 saturated carbocycles. The predicted molar refractivity (Wildman–Crippen MR) is 115 cm³/mol. The molecule has 35 heavy (non-hydrogen) atoms. The third-order valence-electron chi connectivity index (χ3n) is 5.09. The number of ether oxygens (including phenoxy) is 4. The van der Waals surface area contributed by atoms with Gasteiger partial charge in [-0.25, -0.2) is 14.4 Å². The highest BCUT2D eigenvalue weighted by Crippen LogP contribution is 2.35. The molecule has 1 aliphatic heterocycles. The Hall–Kier alpha value is -3.22. The molecule has 0 aromatic heterocycles. The van der Waals surface area contributed by atoms with E-state index < -0.39 is 41.8 Å². The van der Waals surface area contributed by atoms with Gasteiger partial charge >= 0.3 is 24.4 Å². The number of carboxylic acid groups (broad SMARTS) is 1. The van der Waals surface area contributed by atoms with Crippen LogP contribution in [0.1, 0.15) is 38.8 Å². The molecule has 1 aliphatic rings. The van der Waals surface area contributed by atoms with Gasteiger partial charge in [-0.05, 0) is 32.9 Å². The van der Waals surface area contributed by atoms with E-state index in [4.69, 9.17) is 19.3 Å². The van der Waals surface area contributed by atoms with Crippen molar-refractivity contribution in [2.24, 2.45) is 0 Å². The molecule has 1 N–H and O–H groups in total. The first-order chi connectivity index (χ1) is 16.2. The molecule has 1 aromatic carbocycles. The van der Waals surface area contributed by atoms with Crippen molar-refractivity contribution in [2.75, 3.05) is 32.8 Å². The summed E-state index contributed by atoms with van der Waals surface area (Å²) in [5, 5.41) is 9.08. The maximum atomic E-state index is 13.3. The van der Waals surface area contributed by atoms with Gasteiger partial charge in [0.15, 0.2) is 5.60 Å². The van der Waals surface area contributed by atoms with E-state index in [1.54, 1.807) is 6.92 Å². The Morgan fingerprint density at radius 3 is 2.26 bits per heavy atom. The Bertz CT molecular complexity index is 914. The molecule has 1 unspecified atom stereocenters. The Morgan fingerprint density at radius 1 is 1.09 bits per heavy atom. The highest BCUT2D eigenvalue weighted by molar-refractivity contribution is 5.79. The summed E-state index contributed by atoms with van der Waals surface area (Å²) in [5.74, 6) is -1.16. The summed E-state index contributed by atoms with van der Waals surface area (Å²) < 4.78 is 60.1. The fraction of sp³-hybridized carbons (Fsp3) is 0.591. The fourth-order valence-electron chi connectivity index (χ4n) is 3.22. The standard InChI is InChI=1S/C22H29F3N2O8/c1-5-32-20(31)34-14(2)33-18(28)21(3,4)35-17-12-16(22(23,24)25)7-6-15(17)13-26-8-10-27(11-9-26)19(29)30/h6-7,12,14H,5,8-11,13H2,1-4H3,(H,29,30). The van der Waals surface area contributed by atoms with Gasteiger partial charge in [-0.3, -0.25) is 4.90 Å². The normalized spacial score (nSPS) is 15.8. The van der Waals surface area contributed by atoms with Crippen molar-refractivity contribution in [2.45, 2.75) is 52.3 Å². The number of rotatable bonds is 8. The van der Waals surface area contributed by atoms with Gasteiger partial charge in [-0.15, -0.1) is 0 Å². The minimum atomic E-state index is -4.64. The molecule has 1 fully saturated rings. The number of halogens is 3. The number of amides is 1. The van der Waals surface area contributed by atoms with Gasteiger partial charge in [-0.2, -0.15) is 13.2 Å². The van der Waals surface area contributed by atoms with Crippen LogP contribution in [0.25, 0.3) is 0 Å². The number of nitrogens with zero attached hydrogens (tertiary/aromatic N) is 2. The third kappa shape index (κ3) is 8.19. The zero-order valence-corrected chi connectivity index (χ0v) is 19.9. The highest BCUT2D eigenvalue weighted by Gasteiger charge is 2.37. The van der Waals surface area contributed by atoms with Crippen LogP contribution in [0.3, 0.4) is 0 Å². The number of hydrogen-bond donors (Lipinski definition) is 1. The van der Waals surface area contributed by atoms with Crippen molar-refractivity contribution in [3.8, 4) is 5.75 Å². The largest absolute Gasteiger partial charge is 0.511 e. The Kier molecular flexibility index (Phi) is 9.18. The van der Waals surface area contributed by atoms with Crippen LogP contribution in [0.2, 0.25) is 0 Å². The second-order valence-corrected chi connectivity index (χ2v) is 8.25. The van der Waals surface area contributed by atoms with Crippen LogP contribution in [0.15, 0.2) is 18.2 Å². The van der Waals surface area contributed by atoms with Crippen molar-refractivity contribution in [3.63, 3.8) is 0 Å². The van der Waals surface area contributed by atoms with Gasteiger partial charge in [-0.1, -0.05) is 6.07 Å². The van der Waals surface area contributed by atoms with Crippen molar-refractivity contribution in [1.29, 1.82) is 0 Å². The van der Waals surface area contributed by atoms with Crippen molar-refractivity contribution < 1.29 is 51.6 Å². The second kappa shape index (κ2) is 11.5. The quantitative estimate of drug-likeness (QED) is 0.416. The first kappa shape index (κ1) is 28.0. The van der Waals surface area contributed by atoms with Crippen LogP contribution >= 0.6 is 0 Å². The zero-order chi connectivity index (χ0) is 26.4. The third-order valence-corrected chi connectivity index (χ3v) is 5.09. The van der Waals surface area contributed by atoms with Crippen molar-refractivity contribution >= 4 is 18.2 Å². The van der Waals surface area contributed by atoms with Gasteiger partial charge < -0.3 is 29.0 Å². The topological polar surface area (TPSA) is 115 Å². The summed E-state index contributed by atoms with van der Waals surface area (Å²) in [7, 11) is 0. The van der Waals surface area contributed by atoms with Crippen molar-refractivity contribution in [3.05, 3.63) is 29.3 Å². The van der Waals surface area contributed by atoms with Gasteiger partial charge in [0.2, 0.25) is 6.29 Å². The van der Waals surface area contributed by atoms with E-state index in [1.807, 2.05) is 4.90 Å². The van der Waals surface area contributed by atoms with Crippen LogP contribution in [0, 0.1) is 0 Å². The van der Waals surface area contributed by atoms with Crippen molar-refractivity contribution in [1.82, 2.24) is 9.80 Å². The lowest BCUT2D eigenvalue weighted by molar-refractivity contribution is -0.183. The molecular formula is C22H29F3N2O8. The molecule has 196 valence electrons. The van der Waals surface area contributed by atoms with Crippen LogP contribution < -0.4 is 4.74 Å². The van der Waals surface area contributed by atoms with E-state index in [2.05, 4.69) is 4.74 Å². The van der Waals surface area contributed by atoms with E-state index in [-0.39, 0.29) is 32.0 Å². The summed E-state index contributed by atoms with van der Waals surface area (Å²) in [5.41, 5.74) is -2.33. The van der Waals surface area contributed by atoms with E-state index in [0.717, 1.165) is 12.1 Å². The first-order valence-corrected chi connectivity index (χ1v) is 10.9. The molecular weight excluding hydrogens is 477 g/mol. The Balaban J connectivity index is 2.18. The van der Waals surface area contributed by atoms with Gasteiger partial charge in [0.05, 0.1) is 12.2 Å². The molecule has 0 radical (unpaired) electrons. The zero-order valence-electron chi connectivity index (χ0n) is 19.9. The molecule has 0 spiro atoms. The molecule has 1 saturated heterocycles. The first-order valence-electron chi connectivity index (χ1n) is 10.9. The molecule has 2 rings (SSSR count). The summed E-state index contributed by atoms with van der Waals surface area (Å²) in [4.78, 5) is 38.2. The van der Waals surface area contributed by atoms with Gasteiger partial charge in [0.25, 0.3) is 0 Å². The number of hydrogen-bond acceptors (Lipinski definition) is 8. The van der Waals surface area contributed by atoms with E-state index in [0.29, 0.717) is 18.7 Å². The van der Waals surface area contributed by atoms with Gasteiger partial charge in [0, 0.05) is 45.2 Å². The van der Waals surface area contributed by atoms with Crippen LogP contribution in [0.5, 0.6) is 5.75 Å². The minimum absolute atomic E-state index is 0.0534. The molecule has 1 heterocycles. The lowest BCUT2D eigenvalue weighted by Crippen LogP contribution is -2.48. The average molecular weight is 506 g/mol. The molecule has 0 bridgehead atoms. The van der Waals surface area contributed by atoms with Gasteiger partial charge in [0.1, 0.15) is 5.75 Å². The average Bonchev–Trinajstić information content (AvgIpc) is 2.74. The Labute approximate surface area is 200 Å². The number of esters is 1. The van der Waals surface area contributed by atoms with Crippen LogP contribution in [-0.4, -0.2) is 77.8 Å².